The standard InChI is InChI=1S/C14H16FN3O/c1-3-16-7-11-8-18-14(9-17-11)19-12-5-4-10(2)13(15)6-12/h4-6,8-9,16H,3,7H2,1-2H3. The molecule has 1 heterocycles. The molecule has 0 spiro atoms. The van der Waals surface area contributed by atoms with Gasteiger partial charge in [0.25, 0.3) is 0 Å². The predicted molar refractivity (Wildman–Crippen MR) is 70.6 cm³/mol. The van der Waals surface area contributed by atoms with Crippen LogP contribution in [0.25, 0.3) is 0 Å². The average Bonchev–Trinajstić information content (AvgIpc) is 2.42. The summed E-state index contributed by atoms with van der Waals surface area (Å²) < 4.78 is 18.8. The number of ether oxygens (including phenoxy) is 1. The first-order valence-corrected chi connectivity index (χ1v) is 6.14. The summed E-state index contributed by atoms with van der Waals surface area (Å²) in [6.45, 7) is 5.27. The summed E-state index contributed by atoms with van der Waals surface area (Å²) in [7, 11) is 0. The van der Waals surface area contributed by atoms with Gasteiger partial charge in [-0.05, 0) is 25.1 Å². The molecule has 0 saturated heterocycles. The molecule has 0 amide bonds. The van der Waals surface area contributed by atoms with E-state index in [0.717, 1.165) is 12.2 Å². The summed E-state index contributed by atoms with van der Waals surface area (Å²) in [5.74, 6) is 0.467. The van der Waals surface area contributed by atoms with Crippen molar-refractivity contribution in [2.45, 2.75) is 20.4 Å². The second kappa shape index (κ2) is 6.24. The number of nitrogens with zero attached hydrogens (tertiary/aromatic N) is 2. The van der Waals surface area contributed by atoms with Gasteiger partial charge in [0.15, 0.2) is 0 Å². The highest BCUT2D eigenvalue weighted by Crippen LogP contribution is 2.21. The number of nitrogens with one attached hydrogen (secondary N) is 1. The monoisotopic (exact) mass is 261 g/mol. The van der Waals surface area contributed by atoms with Crippen molar-refractivity contribution in [1.82, 2.24) is 15.3 Å². The Bertz CT molecular complexity index is 543. The Balaban J connectivity index is 2.04. The molecule has 4 nitrogen and oxygen atoms in total. The molecule has 0 atom stereocenters. The van der Waals surface area contributed by atoms with Gasteiger partial charge in [0, 0.05) is 12.6 Å². The molecule has 0 unspecified atom stereocenters. The van der Waals surface area contributed by atoms with Gasteiger partial charge in [-0.2, -0.15) is 0 Å². The van der Waals surface area contributed by atoms with Gasteiger partial charge in [-0.25, -0.2) is 9.37 Å². The van der Waals surface area contributed by atoms with Crippen molar-refractivity contribution >= 4 is 0 Å². The molecule has 0 saturated carbocycles. The molecule has 0 aliphatic rings. The van der Waals surface area contributed by atoms with Gasteiger partial charge >= 0.3 is 0 Å². The van der Waals surface area contributed by atoms with Gasteiger partial charge in [0.2, 0.25) is 5.88 Å². The van der Waals surface area contributed by atoms with Crippen molar-refractivity contribution in [3.8, 4) is 11.6 Å². The second-order valence-corrected chi connectivity index (χ2v) is 4.14. The number of aryl methyl sites for hydroxylation is 1. The van der Waals surface area contributed by atoms with E-state index in [1.165, 1.54) is 12.3 Å². The Kier molecular flexibility index (Phi) is 4.41. The van der Waals surface area contributed by atoms with Crippen molar-refractivity contribution in [2.75, 3.05) is 6.54 Å². The molecule has 1 N–H and O–H groups in total. The van der Waals surface area contributed by atoms with Crippen LogP contribution in [0, 0.1) is 12.7 Å². The molecule has 0 aliphatic carbocycles. The van der Waals surface area contributed by atoms with Gasteiger partial charge in [-0.3, -0.25) is 4.98 Å². The molecule has 1 aromatic carbocycles. The number of hydrogen-bond donors (Lipinski definition) is 1. The minimum absolute atomic E-state index is 0.297. The first-order valence-electron chi connectivity index (χ1n) is 6.14. The lowest BCUT2D eigenvalue weighted by molar-refractivity contribution is 0.453. The lowest BCUT2D eigenvalue weighted by atomic mass is 10.2. The van der Waals surface area contributed by atoms with Crippen LogP contribution in [0.4, 0.5) is 4.39 Å². The molecule has 5 heteroatoms. The lowest BCUT2D eigenvalue weighted by Crippen LogP contribution is -2.13. The molecule has 0 radical (unpaired) electrons. The maximum absolute atomic E-state index is 13.4. The maximum Gasteiger partial charge on any atom is 0.237 e. The molecule has 2 rings (SSSR count). The first kappa shape index (κ1) is 13.4. The van der Waals surface area contributed by atoms with Crippen molar-refractivity contribution in [1.29, 1.82) is 0 Å². The zero-order valence-electron chi connectivity index (χ0n) is 11.0. The molecule has 2 aromatic rings. The third-order valence-corrected chi connectivity index (χ3v) is 2.60. The average molecular weight is 261 g/mol. The van der Waals surface area contributed by atoms with Crippen LogP contribution in [0.3, 0.4) is 0 Å². The van der Waals surface area contributed by atoms with E-state index in [2.05, 4.69) is 15.3 Å². The van der Waals surface area contributed by atoms with Crippen LogP contribution >= 0.6 is 0 Å². The van der Waals surface area contributed by atoms with E-state index in [1.807, 2.05) is 6.92 Å². The molecular weight excluding hydrogens is 245 g/mol. The molecule has 0 fully saturated rings. The van der Waals surface area contributed by atoms with Crippen molar-refractivity contribution in [3.63, 3.8) is 0 Å². The van der Waals surface area contributed by atoms with E-state index >= 15 is 0 Å². The number of hydrogen-bond acceptors (Lipinski definition) is 4. The van der Waals surface area contributed by atoms with Gasteiger partial charge < -0.3 is 10.1 Å². The van der Waals surface area contributed by atoms with E-state index in [0.29, 0.717) is 23.7 Å². The Morgan fingerprint density at radius 2 is 2.11 bits per heavy atom. The Hall–Kier alpha value is -2.01. The lowest BCUT2D eigenvalue weighted by Gasteiger charge is -2.06. The maximum atomic E-state index is 13.4. The Labute approximate surface area is 111 Å². The van der Waals surface area contributed by atoms with E-state index < -0.39 is 0 Å². The van der Waals surface area contributed by atoms with E-state index in [1.54, 1.807) is 25.3 Å². The minimum atomic E-state index is -0.297. The topological polar surface area (TPSA) is 47.0 Å². The van der Waals surface area contributed by atoms with Gasteiger partial charge in [-0.1, -0.05) is 13.0 Å². The summed E-state index contributed by atoms with van der Waals surface area (Å²) in [6, 6.07) is 4.70. The highest BCUT2D eigenvalue weighted by molar-refractivity contribution is 5.30. The van der Waals surface area contributed by atoms with Gasteiger partial charge in [-0.15, -0.1) is 0 Å². The van der Waals surface area contributed by atoms with Crippen LogP contribution in [0.2, 0.25) is 0 Å². The van der Waals surface area contributed by atoms with Crippen LogP contribution in [-0.4, -0.2) is 16.5 Å². The normalized spacial score (nSPS) is 10.5. The van der Waals surface area contributed by atoms with Gasteiger partial charge in [0.05, 0.1) is 18.1 Å². The van der Waals surface area contributed by atoms with E-state index in [4.69, 9.17) is 4.74 Å². The zero-order valence-corrected chi connectivity index (χ0v) is 11.0. The smallest absolute Gasteiger partial charge is 0.237 e. The van der Waals surface area contributed by atoms with Crippen molar-refractivity contribution < 1.29 is 9.13 Å². The summed E-state index contributed by atoms with van der Waals surface area (Å²) in [5, 5.41) is 3.15. The van der Waals surface area contributed by atoms with Crippen LogP contribution in [-0.2, 0) is 6.54 Å². The van der Waals surface area contributed by atoms with Crippen LogP contribution in [0.5, 0.6) is 11.6 Å². The fourth-order valence-corrected chi connectivity index (χ4v) is 1.50. The van der Waals surface area contributed by atoms with E-state index in [-0.39, 0.29) is 5.82 Å². The van der Waals surface area contributed by atoms with E-state index in [9.17, 15) is 4.39 Å². The fraction of sp³-hybridized carbons (Fsp3) is 0.286. The Morgan fingerprint density at radius 1 is 1.26 bits per heavy atom. The summed E-state index contributed by atoms with van der Waals surface area (Å²) in [5.41, 5.74) is 1.42. The third kappa shape index (κ3) is 3.72. The van der Waals surface area contributed by atoms with Crippen LogP contribution in [0.1, 0.15) is 18.2 Å². The molecule has 0 aliphatic heterocycles. The summed E-state index contributed by atoms with van der Waals surface area (Å²) >= 11 is 0. The van der Waals surface area contributed by atoms with Crippen molar-refractivity contribution in [3.05, 3.63) is 47.7 Å². The summed E-state index contributed by atoms with van der Waals surface area (Å²) in [4.78, 5) is 8.34. The van der Waals surface area contributed by atoms with Crippen molar-refractivity contribution in [2.24, 2.45) is 0 Å². The number of aromatic nitrogens is 2. The predicted octanol–water partition coefficient (Wildman–Crippen LogP) is 2.83. The third-order valence-electron chi connectivity index (χ3n) is 2.60. The minimum Gasteiger partial charge on any atom is -0.437 e. The van der Waals surface area contributed by atoms with Crippen LogP contribution in [0.15, 0.2) is 30.6 Å². The summed E-state index contributed by atoms with van der Waals surface area (Å²) in [6.07, 6.45) is 3.17. The number of rotatable bonds is 5. The number of benzene rings is 1. The highest BCUT2D eigenvalue weighted by atomic mass is 19.1. The highest BCUT2D eigenvalue weighted by Gasteiger charge is 2.03. The SMILES string of the molecule is CCNCc1cnc(Oc2ccc(C)c(F)c2)cn1. The largest absolute Gasteiger partial charge is 0.437 e. The van der Waals surface area contributed by atoms with Crippen LogP contribution < -0.4 is 10.1 Å². The molecule has 100 valence electrons. The Morgan fingerprint density at radius 3 is 2.74 bits per heavy atom. The second-order valence-electron chi connectivity index (χ2n) is 4.14. The first-order chi connectivity index (χ1) is 9.19. The molecular formula is C14H16FN3O. The molecule has 19 heavy (non-hydrogen) atoms. The molecule has 1 aromatic heterocycles. The number of halogens is 1. The molecule has 0 bridgehead atoms. The quantitative estimate of drug-likeness (QED) is 0.899. The fourth-order valence-electron chi connectivity index (χ4n) is 1.50. The van der Waals surface area contributed by atoms with Gasteiger partial charge in [0.1, 0.15) is 11.6 Å². The zero-order chi connectivity index (χ0) is 13.7.